The van der Waals surface area contributed by atoms with Gasteiger partial charge in [-0.2, -0.15) is 13.2 Å². The van der Waals surface area contributed by atoms with Crippen LogP contribution in [0.5, 0.6) is 0 Å². The first-order valence-corrected chi connectivity index (χ1v) is 9.66. The first kappa shape index (κ1) is 21.4. The first-order chi connectivity index (χ1) is 12.9. The van der Waals surface area contributed by atoms with E-state index in [4.69, 9.17) is 4.74 Å². The van der Waals surface area contributed by atoms with Crippen LogP contribution in [0, 0.1) is 0 Å². The van der Waals surface area contributed by atoms with Crippen molar-refractivity contribution in [3.63, 3.8) is 0 Å². The predicted molar refractivity (Wildman–Crippen MR) is 95.7 cm³/mol. The molecule has 150 valence electrons. The highest BCUT2D eigenvalue weighted by Crippen LogP contribution is 2.29. The molecule has 0 saturated heterocycles. The normalized spacial score (nSPS) is 11.8. The van der Waals surface area contributed by atoms with Crippen molar-refractivity contribution in [2.75, 3.05) is 24.2 Å². The molecule has 0 radical (unpaired) electrons. The Kier molecular flexibility index (Phi) is 6.13. The number of alkyl halides is 3. The van der Waals surface area contributed by atoms with Gasteiger partial charge >= 0.3 is 12.1 Å². The Morgan fingerprint density at radius 1 is 1.04 bits per heavy atom. The molecule has 0 aliphatic heterocycles. The summed E-state index contributed by atoms with van der Waals surface area (Å²) in [5.41, 5.74) is -0.839. The fourth-order valence-electron chi connectivity index (χ4n) is 2.17. The minimum Gasteiger partial charge on any atom is -0.454 e. The lowest BCUT2D eigenvalue weighted by molar-refractivity contribution is -0.137. The number of esters is 1. The van der Waals surface area contributed by atoms with Gasteiger partial charge in [-0.25, -0.2) is 13.2 Å². The molecule has 0 aliphatic rings. The van der Waals surface area contributed by atoms with Crippen LogP contribution in [0.2, 0.25) is 0 Å². The van der Waals surface area contributed by atoms with Crippen molar-refractivity contribution >= 4 is 27.5 Å². The Balaban J connectivity index is 2.03. The van der Waals surface area contributed by atoms with E-state index < -0.39 is 40.1 Å². The molecule has 0 fully saturated rings. The molecule has 0 bridgehead atoms. The third kappa shape index (κ3) is 5.32. The molecule has 0 saturated carbocycles. The number of sulfonamides is 1. The lowest BCUT2D eigenvalue weighted by Gasteiger charge is -2.16. The smallest absolute Gasteiger partial charge is 0.416 e. The highest BCUT2D eigenvalue weighted by atomic mass is 32.2. The molecule has 0 aliphatic carbocycles. The number of benzene rings is 2. The maximum absolute atomic E-state index is 12.7. The highest BCUT2D eigenvalue weighted by Gasteiger charge is 2.31. The maximum atomic E-state index is 12.7. The number of hydrogen-bond acceptors (Lipinski definition) is 5. The van der Waals surface area contributed by atoms with Crippen molar-refractivity contribution < 1.29 is 35.9 Å². The van der Waals surface area contributed by atoms with Gasteiger partial charge in [0.25, 0.3) is 0 Å². The van der Waals surface area contributed by atoms with E-state index in [9.17, 15) is 31.2 Å². The van der Waals surface area contributed by atoms with Crippen molar-refractivity contribution in [2.45, 2.75) is 6.18 Å². The Morgan fingerprint density at radius 3 is 2.18 bits per heavy atom. The van der Waals surface area contributed by atoms with Gasteiger partial charge in [0.1, 0.15) is 0 Å². The molecule has 2 aromatic carbocycles. The lowest BCUT2D eigenvalue weighted by atomic mass is 10.1. The van der Waals surface area contributed by atoms with Crippen molar-refractivity contribution in [1.82, 2.24) is 0 Å². The fourth-order valence-corrected chi connectivity index (χ4v) is 2.67. The number of carbonyl (C=O) groups excluding carboxylic acids is 2. The zero-order valence-electron chi connectivity index (χ0n) is 14.9. The Bertz CT molecular complexity index is 985. The quantitative estimate of drug-likeness (QED) is 0.535. The minimum atomic E-state index is -4.60. The molecule has 0 unspecified atom stereocenters. The van der Waals surface area contributed by atoms with Gasteiger partial charge in [-0.05, 0) is 42.5 Å². The summed E-state index contributed by atoms with van der Waals surface area (Å²) >= 11 is 0. The standard InChI is InChI=1S/C18H16F3NO5S/c1-22(28(2,25)26)15-8-6-12(7-9-15)16(23)11-27-17(24)13-4-3-5-14(10-13)18(19,20)21/h3-10H,11H2,1-2H3. The predicted octanol–water partition coefficient (Wildman–Crippen LogP) is 3.14. The minimum absolute atomic E-state index is 0.155. The molecule has 0 atom stereocenters. The molecule has 0 N–H and O–H groups in total. The van der Waals surface area contributed by atoms with Gasteiger partial charge in [-0.3, -0.25) is 9.10 Å². The largest absolute Gasteiger partial charge is 0.454 e. The summed E-state index contributed by atoms with van der Waals surface area (Å²) in [7, 11) is -2.11. The third-order valence-corrected chi connectivity index (χ3v) is 5.02. The second-order valence-corrected chi connectivity index (χ2v) is 7.87. The van der Waals surface area contributed by atoms with E-state index in [-0.39, 0.29) is 11.1 Å². The summed E-state index contributed by atoms with van der Waals surface area (Å²) in [4.78, 5) is 24.0. The van der Waals surface area contributed by atoms with Crippen LogP contribution in [0.25, 0.3) is 0 Å². The average molecular weight is 415 g/mol. The number of anilines is 1. The summed E-state index contributed by atoms with van der Waals surface area (Å²) in [6, 6.07) is 9.20. The molecule has 10 heteroatoms. The topological polar surface area (TPSA) is 80.8 Å². The fraction of sp³-hybridized carbons (Fsp3) is 0.222. The highest BCUT2D eigenvalue weighted by molar-refractivity contribution is 7.92. The summed E-state index contributed by atoms with van der Waals surface area (Å²) in [6.45, 7) is -0.670. The molecular weight excluding hydrogens is 399 g/mol. The monoisotopic (exact) mass is 415 g/mol. The van der Waals surface area contributed by atoms with Crippen LogP contribution < -0.4 is 4.31 Å². The van der Waals surface area contributed by atoms with E-state index >= 15 is 0 Å². The maximum Gasteiger partial charge on any atom is 0.416 e. The number of Topliss-reactive ketones (excluding diaryl/α,β-unsaturated/α-hetero) is 1. The van der Waals surface area contributed by atoms with Crippen LogP contribution >= 0.6 is 0 Å². The summed E-state index contributed by atoms with van der Waals surface area (Å²) in [6.07, 6.45) is -3.58. The van der Waals surface area contributed by atoms with Crippen LogP contribution in [0.4, 0.5) is 18.9 Å². The molecule has 2 aromatic rings. The molecule has 0 aromatic heterocycles. The number of halogens is 3. The van der Waals surface area contributed by atoms with Gasteiger partial charge in [0.15, 0.2) is 12.4 Å². The van der Waals surface area contributed by atoms with Gasteiger partial charge in [0, 0.05) is 12.6 Å². The summed E-state index contributed by atoms with van der Waals surface area (Å²) < 4.78 is 66.8. The molecule has 2 rings (SSSR count). The van der Waals surface area contributed by atoms with Gasteiger partial charge in [0.05, 0.1) is 23.1 Å². The number of rotatable bonds is 6. The number of ketones is 1. The second kappa shape index (κ2) is 8.01. The number of hydrogen-bond donors (Lipinski definition) is 0. The summed E-state index contributed by atoms with van der Waals surface area (Å²) in [5, 5.41) is 0. The second-order valence-electron chi connectivity index (χ2n) is 5.86. The van der Waals surface area contributed by atoms with Crippen LogP contribution in [0.1, 0.15) is 26.3 Å². The SMILES string of the molecule is CN(c1ccc(C(=O)COC(=O)c2cccc(C(F)(F)F)c2)cc1)S(C)(=O)=O. The van der Waals surface area contributed by atoms with Crippen molar-refractivity contribution in [3.8, 4) is 0 Å². The Hall–Kier alpha value is -2.88. The Labute approximate surface area is 159 Å². The van der Waals surface area contributed by atoms with E-state index in [0.29, 0.717) is 11.8 Å². The van der Waals surface area contributed by atoms with E-state index in [1.807, 2.05) is 0 Å². The summed E-state index contributed by atoms with van der Waals surface area (Å²) in [5.74, 6) is -1.65. The Morgan fingerprint density at radius 2 is 1.64 bits per heavy atom. The molecule has 0 amide bonds. The number of ether oxygens (including phenoxy) is 1. The molecule has 28 heavy (non-hydrogen) atoms. The molecule has 0 heterocycles. The molecular formula is C18H16F3NO5S. The van der Waals surface area contributed by atoms with E-state index in [2.05, 4.69) is 0 Å². The van der Waals surface area contributed by atoms with Crippen molar-refractivity contribution in [3.05, 3.63) is 65.2 Å². The van der Waals surface area contributed by atoms with Gasteiger partial charge in [-0.1, -0.05) is 6.07 Å². The first-order valence-electron chi connectivity index (χ1n) is 7.81. The van der Waals surface area contributed by atoms with Crippen molar-refractivity contribution in [2.24, 2.45) is 0 Å². The van der Waals surface area contributed by atoms with Gasteiger partial charge in [-0.15, -0.1) is 0 Å². The van der Waals surface area contributed by atoms with Crippen LogP contribution in [-0.2, 0) is 20.9 Å². The molecule has 0 spiro atoms. The van der Waals surface area contributed by atoms with Crippen LogP contribution in [0.3, 0.4) is 0 Å². The number of carbonyl (C=O) groups is 2. The van der Waals surface area contributed by atoms with Gasteiger partial charge in [0.2, 0.25) is 10.0 Å². The van der Waals surface area contributed by atoms with E-state index in [1.165, 1.54) is 31.3 Å². The third-order valence-electron chi connectivity index (χ3n) is 3.81. The molecule has 6 nitrogen and oxygen atoms in total. The van der Waals surface area contributed by atoms with Crippen molar-refractivity contribution in [1.29, 1.82) is 0 Å². The average Bonchev–Trinajstić information content (AvgIpc) is 2.64. The lowest BCUT2D eigenvalue weighted by Crippen LogP contribution is -2.24. The van der Waals surface area contributed by atoms with Crippen LogP contribution in [-0.4, -0.2) is 40.1 Å². The van der Waals surface area contributed by atoms with Crippen LogP contribution in [0.15, 0.2) is 48.5 Å². The van der Waals surface area contributed by atoms with Gasteiger partial charge < -0.3 is 4.74 Å². The zero-order valence-corrected chi connectivity index (χ0v) is 15.7. The number of nitrogens with zero attached hydrogens (tertiary/aromatic N) is 1. The van der Waals surface area contributed by atoms with E-state index in [1.54, 1.807) is 0 Å². The zero-order chi connectivity index (χ0) is 21.1. The van der Waals surface area contributed by atoms with E-state index in [0.717, 1.165) is 28.8 Å².